The first-order valence-corrected chi connectivity index (χ1v) is 6.31. The van der Waals surface area contributed by atoms with Crippen molar-refractivity contribution in [1.82, 2.24) is 5.32 Å². The second-order valence-corrected chi connectivity index (χ2v) is 5.65. The molecule has 2 nitrogen and oxygen atoms in total. The minimum Gasteiger partial charge on any atom is -0.329 e. The lowest BCUT2D eigenvalue weighted by Crippen LogP contribution is -2.50. The van der Waals surface area contributed by atoms with Crippen LogP contribution in [0.1, 0.15) is 48.0 Å². The molecule has 0 saturated heterocycles. The smallest absolute Gasteiger partial charge is 0.0273 e. The zero-order valence-electron chi connectivity index (χ0n) is 11.4. The normalized spacial score (nSPS) is 16.4. The standard InChI is InChI=1S/C13H30N2/c1-7-13(6,9-14)15-8-12(10(2)3)11(4)5/h10-12,15H,7-9,14H2,1-6H3. The van der Waals surface area contributed by atoms with E-state index in [1.165, 1.54) is 0 Å². The van der Waals surface area contributed by atoms with Crippen LogP contribution < -0.4 is 11.1 Å². The lowest BCUT2D eigenvalue weighted by atomic mass is 9.84. The maximum Gasteiger partial charge on any atom is 0.0273 e. The van der Waals surface area contributed by atoms with Gasteiger partial charge in [-0.25, -0.2) is 0 Å². The van der Waals surface area contributed by atoms with Crippen LogP contribution in [-0.4, -0.2) is 18.6 Å². The number of hydrogen-bond donors (Lipinski definition) is 2. The first-order chi connectivity index (χ1) is 6.86. The summed E-state index contributed by atoms with van der Waals surface area (Å²) in [5.74, 6) is 2.20. The van der Waals surface area contributed by atoms with E-state index < -0.39 is 0 Å². The van der Waals surface area contributed by atoms with Gasteiger partial charge in [-0.05, 0) is 37.6 Å². The van der Waals surface area contributed by atoms with E-state index in [1.54, 1.807) is 0 Å². The van der Waals surface area contributed by atoms with Crippen molar-refractivity contribution in [2.45, 2.75) is 53.5 Å². The third kappa shape index (κ3) is 4.98. The van der Waals surface area contributed by atoms with Crippen molar-refractivity contribution in [3.8, 4) is 0 Å². The molecule has 0 aromatic heterocycles. The predicted octanol–water partition coefficient (Wildman–Crippen LogP) is 2.63. The molecular weight excluding hydrogens is 184 g/mol. The highest BCUT2D eigenvalue weighted by molar-refractivity contribution is 4.84. The molecule has 0 bridgehead atoms. The Morgan fingerprint density at radius 3 is 1.87 bits per heavy atom. The zero-order chi connectivity index (χ0) is 12.1. The van der Waals surface area contributed by atoms with Crippen LogP contribution in [0.3, 0.4) is 0 Å². The van der Waals surface area contributed by atoms with E-state index in [9.17, 15) is 0 Å². The van der Waals surface area contributed by atoms with Crippen molar-refractivity contribution in [2.24, 2.45) is 23.5 Å². The predicted molar refractivity (Wildman–Crippen MR) is 68.9 cm³/mol. The molecule has 15 heavy (non-hydrogen) atoms. The van der Waals surface area contributed by atoms with Crippen LogP contribution in [0.25, 0.3) is 0 Å². The van der Waals surface area contributed by atoms with Crippen LogP contribution in [0.2, 0.25) is 0 Å². The van der Waals surface area contributed by atoms with E-state index in [0.717, 1.165) is 30.7 Å². The van der Waals surface area contributed by atoms with Crippen molar-refractivity contribution in [2.75, 3.05) is 13.1 Å². The van der Waals surface area contributed by atoms with Crippen LogP contribution in [0.4, 0.5) is 0 Å². The van der Waals surface area contributed by atoms with Gasteiger partial charge in [0.2, 0.25) is 0 Å². The fourth-order valence-electron chi connectivity index (χ4n) is 1.95. The number of rotatable bonds is 7. The van der Waals surface area contributed by atoms with Gasteiger partial charge in [0.15, 0.2) is 0 Å². The van der Waals surface area contributed by atoms with Crippen LogP contribution in [0.15, 0.2) is 0 Å². The molecule has 0 saturated carbocycles. The highest BCUT2D eigenvalue weighted by atomic mass is 15.0. The number of nitrogens with two attached hydrogens (primary N) is 1. The van der Waals surface area contributed by atoms with E-state index >= 15 is 0 Å². The summed E-state index contributed by atoms with van der Waals surface area (Å²) in [6.07, 6.45) is 1.09. The Morgan fingerprint density at radius 2 is 1.60 bits per heavy atom. The van der Waals surface area contributed by atoms with E-state index in [0.29, 0.717) is 6.54 Å². The van der Waals surface area contributed by atoms with Crippen molar-refractivity contribution in [3.63, 3.8) is 0 Å². The molecule has 0 rings (SSSR count). The molecule has 2 heteroatoms. The summed E-state index contributed by atoms with van der Waals surface area (Å²) in [7, 11) is 0. The summed E-state index contributed by atoms with van der Waals surface area (Å²) < 4.78 is 0. The van der Waals surface area contributed by atoms with Crippen LogP contribution in [-0.2, 0) is 0 Å². The molecule has 92 valence electrons. The monoisotopic (exact) mass is 214 g/mol. The van der Waals surface area contributed by atoms with Gasteiger partial charge in [-0.2, -0.15) is 0 Å². The largest absolute Gasteiger partial charge is 0.329 e. The Hall–Kier alpha value is -0.0800. The van der Waals surface area contributed by atoms with Gasteiger partial charge < -0.3 is 11.1 Å². The molecule has 0 aromatic carbocycles. The van der Waals surface area contributed by atoms with Crippen molar-refractivity contribution >= 4 is 0 Å². The minimum atomic E-state index is 0.113. The molecule has 0 spiro atoms. The quantitative estimate of drug-likeness (QED) is 0.684. The number of hydrogen-bond acceptors (Lipinski definition) is 2. The van der Waals surface area contributed by atoms with Gasteiger partial charge in [-0.1, -0.05) is 34.6 Å². The minimum absolute atomic E-state index is 0.113. The summed E-state index contributed by atoms with van der Waals surface area (Å²) >= 11 is 0. The van der Waals surface area contributed by atoms with Gasteiger partial charge in [-0.15, -0.1) is 0 Å². The van der Waals surface area contributed by atoms with Crippen LogP contribution in [0, 0.1) is 17.8 Å². The third-order valence-corrected chi connectivity index (χ3v) is 3.71. The lowest BCUT2D eigenvalue weighted by molar-refractivity contribution is 0.236. The first kappa shape index (κ1) is 14.9. The highest BCUT2D eigenvalue weighted by Gasteiger charge is 2.23. The molecule has 0 aliphatic rings. The third-order valence-electron chi connectivity index (χ3n) is 3.71. The molecule has 0 aromatic rings. The van der Waals surface area contributed by atoms with E-state index in [4.69, 9.17) is 5.73 Å². The summed E-state index contributed by atoms with van der Waals surface area (Å²) in [6.45, 7) is 15.4. The molecule has 0 aliphatic carbocycles. The van der Waals surface area contributed by atoms with Crippen molar-refractivity contribution in [1.29, 1.82) is 0 Å². The highest BCUT2D eigenvalue weighted by Crippen LogP contribution is 2.20. The van der Waals surface area contributed by atoms with Gasteiger partial charge >= 0.3 is 0 Å². The van der Waals surface area contributed by atoms with Gasteiger partial charge in [-0.3, -0.25) is 0 Å². The summed E-state index contributed by atoms with van der Waals surface area (Å²) in [5, 5.41) is 3.63. The maximum absolute atomic E-state index is 5.79. The fourth-order valence-corrected chi connectivity index (χ4v) is 1.95. The molecule has 1 unspecified atom stereocenters. The topological polar surface area (TPSA) is 38.0 Å². The molecular formula is C13H30N2. The first-order valence-electron chi connectivity index (χ1n) is 6.31. The van der Waals surface area contributed by atoms with Gasteiger partial charge in [0.25, 0.3) is 0 Å². The molecule has 0 amide bonds. The SMILES string of the molecule is CCC(C)(CN)NCC(C(C)C)C(C)C. The van der Waals surface area contributed by atoms with Crippen LogP contribution >= 0.6 is 0 Å². The lowest BCUT2D eigenvalue weighted by Gasteiger charge is -2.33. The van der Waals surface area contributed by atoms with Gasteiger partial charge in [0, 0.05) is 12.1 Å². The fraction of sp³-hybridized carbons (Fsp3) is 1.00. The van der Waals surface area contributed by atoms with E-state index in [-0.39, 0.29) is 5.54 Å². The Morgan fingerprint density at radius 1 is 1.13 bits per heavy atom. The second kappa shape index (κ2) is 6.49. The summed E-state index contributed by atoms with van der Waals surface area (Å²) in [5.41, 5.74) is 5.91. The average molecular weight is 214 g/mol. The molecule has 0 aliphatic heterocycles. The molecule has 3 N–H and O–H groups in total. The van der Waals surface area contributed by atoms with E-state index in [1.807, 2.05) is 0 Å². The Bertz CT molecular complexity index is 152. The Kier molecular flexibility index (Phi) is 6.46. The maximum atomic E-state index is 5.79. The van der Waals surface area contributed by atoms with Crippen LogP contribution in [0.5, 0.6) is 0 Å². The van der Waals surface area contributed by atoms with Gasteiger partial charge in [0.1, 0.15) is 0 Å². The van der Waals surface area contributed by atoms with Gasteiger partial charge in [0.05, 0.1) is 0 Å². The molecule has 0 fully saturated rings. The van der Waals surface area contributed by atoms with Crippen molar-refractivity contribution in [3.05, 3.63) is 0 Å². The zero-order valence-corrected chi connectivity index (χ0v) is 11.4. The Balaban J connectivity index is 4.20. The average Bonchev–Trinajstić information content (AvgIpc) is 2.16. The molecule has 1 atom stereocenters. The Labute approximate surface area is 96.0 Å². The number of nitrogens with one attached hydrogen (secondary N) is 1. The second-order valence-electron chi connectivity index (χ2n) is 5.65. The van der Waals surface area contributed by atoms with Crippen molar-refractivity contribution < 1.29 is 0 Å². The van der Waals surface area contributed by atoms with E-state index in [2.05, 4.69) is 46.9 Å². The molecule has 0 heterocycles. The summed E-state index contributed by atoms with van der Waals surface area (Å²) in [6, 6.07) is 0. The summed E-state index contributed by atoms with van der Waals surface area (Å²) in [4.78, 5) is 0. The molecule has 0 radical (unpaired) electrons.